The van der Waals surface area contributed by atoms with E-state index in [-0.39, 0.29) is 26.8 Å². The summed E-state index contributed by atoms with van der Waals surface area (Å²) in [5.74, 6) is -1.23. The molecule has 10 heteroatoms. The van der Waals surface area contributed by atoms with Crippen LogP contribution in [-0.2, 0) is 14.6 Å². The molecule has 2 rings (SSSR count). The van der Waals surface area contributed by atoms with Gasteiger partial charge in [0.25, 0.3) is 11.8 Å². The predicted molar refractivity (Wildman–Crippen MR) is 106 cm³/mol. The van der Waals surface area contributed by atoms with E-state index in [1.54, 1.807) is 13.8 Å². The standard InChI is InChI=1S/C18H20N2O6S2/c1-5-28(24,25)13-8-6-12(7-9-13)15(21)19-17-14(10(2)11(3)27-17)16(22)20-18(23)26-4/h6-9H,5H2,1-4H3,(H,19,21)(H,20,22,23). The zero-order valence-electron chi connectivity index (χ0n) is 15.8. The van der Waals surface area contributed by atoms with Crippen molar-refractivity contribution in [2.75, 3.05) is 18.2 Å². The molecule has 0 fully saturated rings. The number of benzene rings is 1. The van der Waals surface area contributed by atoms with Gasteiger partial charge in [-0.3, -0.25) is 14.9 Å². The average molecular weight is 425 g/mol. The number of methoxy groups -OCH3 is 1. The Hall–Kier alpha value is -2.72. The summed E-state index contributed by atoms with van der Waals surface area (Å²) in [6.07, 6.45) is -0.904. The molecule has 0 aliphatic rings. The predicted octanol–water partition coefficient (Wildman–Crippen LogP) is 2.91. The number of ether oxygens (including phenoxy) is 1. The maximum Gasteiger partial charge on any atom is 0.413 e. The number of thiophene rings is 1. The molecule has 0 aliphatic heterocycles. The first-order valence-corrected chi connectivity index (χ1v) is 10.7. The van der Waals surface area contributed by atoms with Gasteiger partial charge in [0.15, 0.2) is 9.84 Å². The number of nitrogens with one attached hydrogen (secondary N) is 2. The third kappa shape index (κ3) is 4.57. The first kappa shape index (κ1) is 21.6. The highest BCUT2D eigenvalue weighted by atomic mass is 32.2. The van der Waals surface area contributed by atoms with Crippen molar-refractivity contribution in [2.24, 2.45) is 0 Å². The number of carbonyl (C=O) groups excluding carboxylic acids is 3. The van der Waals surface area contributed by atoms with Crippen LogP contribution in [0.5, 0.6) is 0 Å². The van der Waals surface area contributed by atoms with E-state index < -0.39 is 27.7 Å². The van der Waals surface area contributed by atoms with Gasteiger partial charge in [-0.05, 0) is 43.7 Å². The van der Waals surface area contributed by atoms with Crippen LogP contribution < -0.4 is 10.6 Å². The lowest BCUT2D eigenvalue weighted by atomic mass is 10.1. The number of aryl methyl sites for hydroxylation is 1. The molecule has 2 aromatic rings. The maximum absolute atomic E-state index is 12.5. The van der Waals surface area contributed by atoms with Crippen molar-refractivity contribution < 1.29 is 27.5 Å². The van der Waals surface area contributed by atoms with E-state index in [2.05, 4.69) is 15.4 Å². The zero-order chi connectivity index (χ0) is 21.1. The average Bonchev–Trinajstić information content (AvgIpc) is 2.95. The number of carbonyl (C=O) groups is 3. The molecule has 1 aromatic heterocycles. The first-order chi connectivity index (χ1) is 13.1. The molecule has 1 aromatic carbocycles. The number of alkyl carbamates (subject to hydrolysis) is 1. The quantitative estimate of drug-likeness (QED) is 0.762. The molecule has 0 bridgehead atoms. The van der Waals surface area contributed by atoms with Gasteiger partial charge in [0.2, 0.25) is 0 Å². The lowest BCUT2D eigenvalue weighted by molar-refractivity contribution is 0.0937. The van der Waals surface area contributed by atoms with E-state index in [1.165, 1.54) is 42.5 Å². The fraction of sp³-hybridized carbons (Fsp3) is 0.278. The normalized spacial score (nSPS) is 11.0. The molecule has 0 unspecified atom stereocenters. The van der Waals surface area contributed by atoms with E-state index >= 15 is 0 Å². The van der Waals surface area contributed by atoms with Gasteiger partial charge in [0.05, 0.1) is 23.3 Å². The van der Waals surface area contributed by atoms with E-state index in [1.807, 2.05) is 0 Å². The van der Waals surface area contributed by atoms with Crippen LogP contribution in [0, 0.1) is 13.8 Å². The third-order valence-electron chi connectivity index (χ3n) is 4.10. The van der Waals surface area contributed by atoms with E-state index in [9.17, 15) is 22.8 Å². The lowest BCUT2D eigenvalue weighted by Crippen LogP contribution is -2.31. The van der Waals surface area contributed by atoms with Gasteiger partial charge in [-0.15, -0.1) is 11.3 Å². The highest BCUT2D eigenvalue weighted by molar-refractivity contribution is 7.91. The van der Waals surface area contributed by atoms with Crippen molar-refractivity contribution in [3.63, 3.8) is 0 Å². The fourth-order valence-corrected chi connectivity index (χ4v) is 4.29. The molecular formula is C18H20N2O6S2. The highest BCUT2D eigenvalue weighted by Gasteiger charge is 2.23. The second-order valence-corrected chi connectivity index (χ2v) is 9.32. The number of anilines is 1. The van der Waals surface area contributed by atoms with Crippen LogP contribution >= 0.6 is 11.3 Å². The highest BCUT2D eigenvalue weighted by Crippen LogP contribution is 2.32. The monoisotopic (exact) mass is 424 g/mol. The van der Waals surface area contributed by atoms with Gasteiger partial charge >= 0.3 is 6.09 Å². The molecule has 0 saturated heterocycles. The molecule has 3 amide bonds. The van der Waals surface area contributed by atoms with Crippen molar-refractivity contribution in [1.82, 2.24) is 5.32 Å². The Morgan fingerprint density at radius 3 is 2.21 bits per heavy atom. The van der Waals surface area contributed by atoms with Gasteiger partial charge in [0, 0.05) is 10.4 Å². The molecule has 28 heavy (non-hydrogen) atoms. The maximum atomic E-state index is 12.5. The Morgan fingerprint density at radius 1 is 1.07 bits per heavy atom. The Bertz CT molecular complexity index is 1020. The minimum Gasteiger partial charge on any atom is -0.453 e. The largest absolute Gasteiger partial charge is 0.453 e. The van der Waals surface area contributed by atoms with Crippen LogP contribution in [0.4, 0.5) is 9.80 Å². The SMILES string of the molecule is CCS(=O)(=O)c1ccc(C(=O)Nc2sc(C)c(C)c2C(=O)NC(=O)OC)cc1. The molecule has 2 N–H and O–H groups in total. The summed E-state index contributed by atoms with van der Waals surface area (Å²) >= 11 is 1.20. The Balaban J connectivity index is 2.28. The van der Waals surface area contributed by atoms with Gasteiger partial charge in [-0.25, -0.2) is 13.2 Å². The van der Waals surface area contributed by atoms with Gasteiger partial charge in [-0.1, -0.05) is 6.92 Å². The Labute approximate surface area is 166 Å². The van der Waals surface area contributed by atoms with E-state index in [0.29, 0.717) is 5.56 Å². The van der Waals surface area contributed by atoms with E-state index in [0.717, 1.165) is 12.0 Å². The van der Waals surface area contributed by atoms with Gasteiger partial charge in [0.1, 0.15) is 5.00 Å². The smallest absolute Gasteiger partial charge is 0.413 e. The molecular weight excluding hydrogens is 404 g/mol. The fourth-order valence-electron chi connectivity index (χ4n) is 2.35. The van der Waals surface area contributed by atoms with Crippen LogP contribution in [0.3, 0.4) is 0 Å². The van der Waals surface area contributed by atoms with Crippen molar-refractivity contribution >= 4 is 44.1 Å². The zero-order valence-corrected chi connectivity index (χ0v) is 17.4. The Morgan fingerprint density at radius 2 is 1.68 bits per heavy atom. The third-order valence-corrected chi connectivity index (χ3v) is 6.97. The number of hydrogen-bond acceptors (Lipinski definition) is 7. The van der Waals surface area contributed by atoms with Crippen LogP contribution in [0.2, 0.25) is 0 Å². The number of rotatable bonds is 5. The Kier molecular flexibility index (Phi) is 6.57. The van der Waals surface area contributed by atoms with Crippen LogP contribution in [-0.4, -0.2) is 39.2 Å². The number of imide groups is 1. The number of amides is 3. The second-order valence-electron chi connectivity index (χ2n) is 5.82. The molecule has 1 heterocycles. The van der Waals surface area contributed by atoms with Gasteiger partial charge in [-0.2, -0.15) is 0 Å². The molecule has 8 nitrogen and oxygen atoms in total. The minimum absolute atomic E-state index is 0.0367. The molecule has 0 aliphatic carbocycles. The molecule has 0 saturated carbocycles. The summed E-state index contributed by atoms with van der Waals surface area (Å²) in [5.41, 5.74) is 1.04. The van der Waals surface area contributed by atoms with Gasteiger partial charge < -0.3 is 10.1 Å². The number of sulfone groups is 1. The minimum atomic E-state index is -3.36. The summed E-state index contributed by atoms with van der Waals surface area (Å²) < 4.78 is 28.2. The molecule has 0 atom stereocenters. The topological polar surface area (TPSA) is 119 Å². The molecule has 0 spiro atoms. The van der Waals surface area contributed by atoms with Crippen LogP contribution in [0.25, 0.3) is 0 Å². The first-order valence-electron chi connectivity index (χ1n) is 8.24. The van der Waals surface area contributed by atoms with Crippen molar-refractivity contribution in [3.05, 3.63) is 45.8 Å². The van der Waals surface area contributed by atoms with E-state index in [4.69, 9.17) is 0 Å². The van der Waals surface area contributed by atoms with Crippen molar-refractivity contribution in [3.8, 4) is 0 Å². The second kappa shape index (κ2) is 8.53. The van der Waals surface area contributed by atoms with Crippen molar-refractivity contribution in [1.29, 1.82) is 0 Å². The molecule has 150 valence electrons. The number of hydrogen-bond donors (Lipinski definition) is 2. The lowest BCUT2D eigenvalue weighted by Gasteiger charge is -2.08. The summed E-state index contributed by atoms with van der Waals surface area (Å²) in [5, 5.41) is 5.01. The summed E-state index contributed by atoms with van der Waals surface area (Å²) in [4.78, 5) is 37.1. The summed E-state index contributed by atoms with van der Waals surface area (Å²) in [7, 11) is -2.22. The molecule has 0 radical (unpaired) electrons. The van der Waals surface area contributed by atoms with Crippen molar-refractivity contribution in [2.45, 2.75) is 25.7 Å². The van der Waals surface area contributed by atoms with Crippen LogP contribution in [0.1, 0.15) is 38.1 Å². The van der Waals surface area contributed by atoms with Crippen LogP contribution in [0.15, 0.2) is 29.2 Å². The summed E-state index contributed by atoms with van der Waals surface area (Å²) in [6, 6.07) is 5.53. The summed E-state index contributed by atoms with van der Waals surface area (Å²) in [6.45, 7) is 5.03.